The van der Waals surface area contributed by atoms with E-state index in [0.29, 0.717) is 0 Å². The third-order valence-electron chi connectivity index (χ3n) is 4.90. The van der Waals surface area contributed by atoms with Crippen molar-refractivity contribution >= 4 is 5.91 Å². The van der Waals surface area contributed by atoms with E-state index in [1.165, 1.54) is 0 Å². The average Bonchev–Trinajstić information content (AvgIpc) is 2.65. The predicted molar refractivity (Wildman–Crippen MR) is 98.9 cm³/mol. The van der Waals surface area contributed by atoms with Crippen molar-refractivity contribution in [2.24, 2.45) is 0 Å². The standard InChI is InChI=1S/C21H26N2O2/c1-3-16-7-4-5-8-19(16)21(24)23-17-10-12-18(13-11-17)25-20-9-6-14-22-15(20)2/h4-9,14,17-18H,3,10-13H2,1-2H3,(H,23,24). The lowest BCUT2D eigenvalue weighted by Crippen LogP contribution is -2.40. The topological polar surface area (TPSA) is 51.2 Å². The van der Waals surface area contributed by atoms with Gasteiger partial charge in [0.2, 0.25) is 0 Å². The molecule has 1 aromatic heterocycles. The number of carbonyl (C=O) groups excluding carboxylic acids is 1. The summed E-state index contributed by atoms with van der Waals surface area (Å²) in [5, 5.41) is 3.20. The molecular weight excluding hydrogens is 312 g/mol. The number of rotatable bonds is 5. The van der Waals surface area contributed by atoms with Crippen LogP contribution >= 0.6 is 0 Å². The highest BCUT2D eigenvalue weighted by Crippen LogP contribution is 2.25. The van der Waals surface area contributed by atoms with Gasteiger partial charge >= 0.3 is 0 Å². The Morgan fingerprint density at radius 1 is 1.16 bits per heavy atom. The van der Waals surface area contributed by atoms with E-state index in [0.717, 1.165) is 54.7 Å². The van der Waals surface area contributed by atoms with Gasteiger partial charge in [0.05, 0.1) is 11.8 Å². The molecule has 4 heteroatoms. The smallest absolute Gasteiger partial charge is 0.251 e. The first-order valence-corrected chi connectivity index (χ1v) is 9.14. The van der Waals surface area contributed by atoms with Gasteiger partial charge in [0.25, 0.3) is 5.91 Å². The van der Waals surface area contributed by atoms with Gasteiger partial charge in [0, 0.05) is 17.8 Å². The normalized spacial score (nSPS) is 20.1. The molecule has 1 N–H and O–H groups in total. The summed E-state index contributed by atoms with van der Waals surface area (Å²) in [6, 6.07) is 11.9. The lowest BCUT2D eigenvalue weighted by Gasteiger charge is -2.30. The van der Waals surface area contributed by atoms with E-state index in [-0.39, 0.29) is 18.1 Å². The molecule has 1 saturated carbocycles. The zero-order chi connectivity index (χ0) is 17.6. The molecule has 1 aliphatic carbocycles. The molecule has 1 amide bonds. The Morgan fingerprint density at radius 3 is 2.64 bits per heavy atom. The number of hydrogen-bond donors (Lipinski definition) is 1. The van der Waals surface area contributed by atoms with Crippen LogP contribution in [0.2, 0.25) is 0 Å². The number of aromatic nitrogens is 1. The van der Waals surface area contributed by atoms with Crippen LogP contribution in [0.3, 0.4) is 0 Å². The van der Waals surface area contributed by atoms with Crippen molar-refractivity contribution in [3.63, 3.8) is 0 Å². The number of carbonyl (C=O) groups is 1. The third-order valence-corrected chi connectivity index (χ3v) is 4.90. The van der Waals surface area contributed by atoms with Gasteiger partial charge in [-0.15, -0.1) is 0 Å². The molecule has 0 bridgehead atoms. The summed E-state index contributed by atoms with van der Waals surface area (Å²) in [6.45, 7) is 4.04. The number of pyridine rings is 1. The van der Waals surface area contributed by atoms with E-state index >= 15 is 0 Å². The summed E-state index contributed by atoms with van der Waals surface area (Å²) in [7, 11) is 0. The van der Waals surface area contributed by atoms with E-state index in [9.17, 15) is 4.79 Å². The molecular formula is C21H26N2O2. The van der Waals surface area contributed by atoms with Gasteiger partial charge in [-0.25, -0.2) is 0 Å². The van der Waals surface area contributed by atoms with Gasteiger partial charge < -0.3 is 10.1 Å². The molecule has 132 valence electrons. The summed E-state index contributed by atoms with van der Waals surface area (Å²) in [4.78, 5) is 16.8. The summed E-state index contributed by atoms with van der Waals surface area (Å²) >= 11 is 0. The van der Waals surface area contributed by atoms with Crippen LogP contribution in [-0.4, -0.2) is 23.0 Å². The predicted octanol–water partition coefficient (Wildman–Crippen LogP) is 4.07. The summed E-state index contributed by atoms with van der Waals surface area (Å²) in [6.07, 6.45) is 6.66. The fourth-order valence-corrected chi connectivity index (χ4v) is 3.41. The highest BCUT2D eigenvalue weighted by Gasteiger charge is 2.24. The number of nitrogens with one attached hydrogen (secondary N) is 1. The molecule has 25 heavy (non-hydrogen) atoms. The molecule has 4 nitrogen and oxygen atoms in total. The average molecular weight is 338 g/mol. The van der Waals surface area contributed by atoms with Crippen molar-refractivity contribution in [3.8, 4) is 5.75 Å². The first kappa shape index (κ1) is 17.5. The maximum Gasteiger partial charge on any atom is 0.251 e. The summed E-state index contributed by atoms with van der Waals surface area (Å²) in [5.41, 5.74) is 2.83. The summed E-state index contributed by atoms with van der Waals surface area (Å²) < 4.78 is 6.09. The number of nitrogens with zero attached hydrogens (tertiary/aromatic N) is 1. The Morgan fingerprint density at radius 2 is 1.92 bits per heavy atom. The van der Waals surface area contributed by atoms with Crippen LogP contribution in [0.15, 0.2) is 42.6 Å². The first-order valence-electron chi connectivity index (χ1n) is 9.14. The van der Waals surface area contributed by atoms with E-state index < -0.39 is 0 Å². The Hall–Kier alpha value is -2.36. The van der Waals surface area contributed by atoms with E-state index in [2.05, 4.69) is 17.2 Å². The maximum absolute atomic E-state index is 12.6. The van der Waals surface area contributed by atoms with Gasteiger partial charge in [0.1, 0.15) is 5.75 Å². The number of aryl methyl sites for hydroxylation is 2. The van der Waals surface area contributed by atoms with Gasteiger partial charge in [-0.05, 0) is 62.8 Å². The molecule has 3 rings (SSSR count). The monoisotopic (exact) mass is 338 g/mol. The molecule has 1 heterocycles. The third kappa shape index (κ3) is 4.38. The van der Waals surface area contributed by atoms with E-state index in [4.69, 9.17) is 4.74 Å². The van der Waals surface area contributed by atoms with Gasteiger partial charge in [-0.2, -0.15) is 0 Å². The highest BCUT2D eigenvalue weighted by molar-refractivity contribution is 5.95. The Bertz CT molecular complexity index is 721. The fraction of sp³-hybridized carbons (Fsp3) is 0.429. The number of benzene rings is 1. The van der Waals surface area contributed by atoms with Gasteiger partial charge in [-0.1, -0.05) is 25.1 Å². The molecule has 0 atom stereocenters. The second-order valence-electron chi connectivity index (χ2n) is 6.66. The SMILES string of the molecule is CCc1ccccc1C(=O)NC1CCC(Oc2cccnc2C)CC1. The summed E-state index contributed by atoms with van der Waals surface area (Å²) in [5.74, 6) is 0.914. The maximum atomic E-state index is 12.6. The highest BCUT2D eigenvalue weighted by atomic mass is 16.5. The van der Waals surface area contributed by atoms with E-state index in [1.54, 1.807) is 6.20 Å². The molecule has 0 spiro atoms. The van der Waals surface area contributed by atoms with Crippen molar-refractivity contribution in [1.82, 2.24) is 10.3 Å². The minimum absolute atomic E-state index is 0.0462. The minimum Gasteiger partial charge on any atom is -0.489 e. The molecule has 1 aromatic carbocycles. The van der Waals surface area contributed by atoms with Crippen LogP contribution in [-0.2, 0) is 6.42 Å². The zero-order valence-corrected chi connectivity index (χ0v) is 15.0. The molecule has 1 aliphatic rings. The molecule has 0 radical (unpaired) electrons. The second-order valence-corrected chi connectivity index (χ2v) is 6.66. The number of amides is 1. The fourth-order valence-electron chi connectivity index (χ4n) is 3.41. The molecule has 0 saturated heterocycles. The quantitative estimate of drug-likeness (QED) is 0.894. The van der Waals surface area contributed by atoms with Gasteiger partial charge in [-0.3, -0.25) is 9.78 Å². The van der Waals surface area contributed by atoms with Crippen LogP contribution in [0, 0.1) is 6.92 Å². The number of ether oxygens (including phenoxy) is 1. The van der Waals surface area contributed by atoms with Crippen molar-refractivity contribution in [1.29, 1.82) is 0 Å². The van der Waals surface area contributed by atoms with Crippen LogP contribution < -0.4 is 10.1 Å². The number of hydrogen-bond acceptors (Lipinski definition) is 3. The Balaban J connectivity index is 1.52. The van der Waals surface area contributed by atoms with Crippen LogP contribution in [0.5, 0.6) is 5.75 Å². The van der Waals surface area contributed by atoms with Crippen molar-refractivity contribution in [3.05, 3.63) is 59.4 Å². The Kier molecular flexibility index (Phi) is 5.69. The molecule has 1 fully saturated rings. The van der Waals surface area contributed by atoms with Crippen LogP contribution in [0.25, 0.3) is 0 Å². The minimum atomic E-state index is 0.0462. The lowest BCUT2D eigenvalue weighted by atomic mass is 9.92. The largest absolute Gasteiger partial charge is 0.489 e. The first-order chi connectivity index (χ1) is 12.2. The Labute approximate surface area is 149 Å². The van der Waals surface area contributed by atoms with Crippen molar-refractivity contribution < 1.29 is 9.53 Å². The van der Waals surface area contributed by atoms with Crippen molar-refractivity contribution in [2.75, 3.05) is 0 Å². The van der Waals surface area contributed by atoms with Crippen LogP contribution in [0.1, 0.15) is 54.2 Å². The van der Waals surface area contributed by atoms with Crippen molar-refractivity contribution in [2.45, 2.75) is 58.1 Å². The molecule has 2 aromatic rings. The molecule has 0 unspecified atom stereocenters. The zero-order valence-electron chi connectivity index (χ0n) is 15.0. The van der Waals surface area contributed by atoms with E-state index in [1.807, 2.05) is 43.3 Å². The van der Waals surface area contributed by atoms with Crippen LogP contribution in [0.4, 0.5) is 0 Å². The van der Waals surface area contributed by atoms with Gasteiger partial charge in [0.15, 0.2) is 0 Å². The molecule has 0 aliphatic heterocycles. The second kappa shape index (κ2) is 8.15. The lowest BCUT2D eigenvalue weighted by molar-refractivity contribution is 0.0892.